The predicted molar refractivity (Wildman–Crippen MR) is 84.3 cm³/mol. The Labute approximate surface area is 124 Å². The molecule has 0 aliphatic rings. The zero-order valence-corrected chi connectivity index (χ0v) is 11.4. The Balaban J connectivity index is 1.83. The number of hydrogen-bond donors (Lipinski definition) is 1. The Morgan fingerprint density at radius 2 is 1.48 bits per heavy atom. The molecule has 21 heavy (non-hydrogen) atoms. The molecule has 3 nitrogen and oxygen atoms in total. The van der Waals surface area contributed by atoms with E-state index in [1.54, 1.807) is 24.5 Å². The van der Waals surface area contributed by atoms with E-state index in [2.05, 4.69) is 4.98 Å². The van der Waals surface area contributed by atoms with Gasteiger partial charge < -0.3 is 9.68 Å². The third-order valence-corrected chi connectivity index (χ3v) is 3.14. The number of aromatic nitrogens is 1. The van der Waals surface area contributed by atoms with E-state index in [0.29, 0.717) is 11.2 Å². The summed E-state index contributed by atoms with van der Waals surface area (Å²) in [5.74, 6) is 0.620. The van der Waals surface area contributed by atoms with Gasteiger partial charge in [-0.1, -0.05) is 54.6 Å². The maximum absolute atomic E-state index is 10.2. The van der Waals surface area contributed by atoms with Gasteiger partial charge >= 0.3 is 7.12 Å². The van der Waals surface area contributed by atoms with Crippen LogP contribution in [0, 0.1) is 0 Å². The molecule has 0 unspecified atom stereocenters. The second-order valence-electron chi connectivity index (χ2n) is 4.66. The van der Waals surface area contributed by atoms with Crippen molar-refractivity contribution in [2.45, 2.75) is 0 Å². The van der Waals surface area contributed by atoms with Gasteiger partial charge in [0.05, 0.1) is 0 Å². The Bertz CT molecular complexity index is 704. The number of pyridine rings is 1. The lowest BCUT2D eigenvalue weighted by molar-refractivity contribution is 0.432. The molecule has 1 aromatic heterocycles. The van der Waals surface area contributed by atoms with Gasteiger partial charge in [-0.25, -0.2) is 0 Å². The van der Waals surface area contributed by atoms with Gasteiger partial charge in [0.25, 0.3) is 0 Å². The molecule has 0 bridgehead atoms. The second kappa shape index (κ2) is 6.24. The third kappa shape index (κ3) is 3.30. The fourth-order valence-corrected chi connectivity index (χ4v) is 2.08. The minimum absolute atomic E-state index is 0.620. The summed E-state index contributed by atoms with van der Waals surface area (Å²) in [6.07, 6.45) is 3.38. The van der Waals surface area contributed by atoms with Crippen LogP contribution in [0.2, 0.25) is 0 Å². The van der Waals surface area contributed by atoms with E-state index in [1.807, 2.05) is 54.6 Å². The molecule has 0 atom stereocenters. The zero-order chi connectivity index (χ0) is 14.5. The average Bonchev–Trinajstić information content (AvgIpc) is 2.57. The highest BCUT2D eigenvalue weighted by Crippen LogP contribution is 2.16. The van der Waals surface area contributed by atoms with Crippen LogP contribution in [0.15, 0.2) is 79.1 Å². The van der Waals surface area contributed by atoms with E-state index >= 15 is 0 Å². The second-order valence-corrected chi connectivity index (χ2v) is 4.66. The fraction of sp³-hybridized carbons (Fsp3) is 0. The van der Waals surface area contributed by atoms with Crippen LogP contribution in [0.5, 0.6) is 5.75 Å². The topological polar surface area (TPSA) is 42.4 Å². The Morgan fingerprint density at radius 1 is 0.810 bits per heavy atom. The van der Waals surface area contributed by atoms with Crippen molar-refractivity contribution in [1.29, 1.82) is 0 Å². The van der Waals surface area contributed by atoms with E-state index < -0.39 is 7.12 Å². The van der Waals surface area contributed by atoms with Crippen LogP contribution < -0.4 is 10.1 Å². The zero-order valence-electron chi connectivity index (χ0n) is 11.4. The molecule has 0 spiro atoms. The minimum atomic E-state index is -1.04. The molecule has 3 aromatic rings. The quantitative estimate of drug-likeness (QED) is 0.744. The van der Waals surface area contributed by atoms with Gasteiger partial charge in [-0.2, -0.15) is 0 Å². The van der Waals surface area contributed by atoms with Crippen molar-refractivity contribution in [2.75, 3.05) is 0 Å². The molecule has 1 N–H and O–H groups in total. The predicted octanol–water partition coefficient (Wildman–Crippen LogP) is 2.52. The smallest absolute Gasteiger partial charge is 0.532 e. The summed E-state index contributed by atoms with van der Waals surface area (Å²) < 4.78 is 5.51. The van der Waals surface area contributed by atoms with Crippen LogP contribution >= 0.6 is 0 Å². The molecule has 0 aliphatic carbocycles. The largest absolute Gasteiger partial charge is 0.561 e. The van der Waals surface area contributed by atoms with E-state index in [0.717, 1.165) is 11.1 Å². The molecule has 1 heterocycles. The van der Waals surface area contributed by atoms with E-state index in [9.17, 15) is 5.02 Å². The summed E-state index contributed by atoms with van der Waals surface area (Å²) in [5.41, 5.74) is 2.63. The summed E-state index contributed by atoms with van der Waals surface area (Å²) in [6.45, 7) is 0. The Hall–Kier alpha value is -2.59. The first-order valence-electron chi connectivity index (χ1n) is 6.73. The number of para-hydroxylation sites is 1. The van der Waals surface area contributed by atoms with Gasteiger partial charge in [-0.3, -0.25) is 4.98 Å². The van der Waals surface area contributed by atoms with Crippen molar-refractivity contribution >= 4 is 12.6 Å². The monoisotopic (exact) mass is 275 g/mol. The van der Waals surface area contributed by atoms with Gasteiger partial charge in [0.2, 0.25) is 0 Å². The van der Waals surface area contributed by atoms with Gasteiger partial charge in [-0.05, 0) is 23.3 Å². The van der Waals surface area contributed by atoms with Crippen molar-refractivity contribution in [2.24, 2.45) is 0 Å². The van der Waals surface area contributed by atoms with Crippen LogP contribution in [-0.4, -0.2) is 17.1 Å². The Kier molecular flexibility index (Phi) is 3.98. The summed E-state index contributed by atoms with van der Waals surface area (Å²) in [6, 6.07) is 21.0. The highest BCUT2D eigenvalue weighted by Gasteiger charge is 2.19. The normalized spacial score (nSPS) is 10.1. The molecule has 2 aromatic carbocycles. The van der Waals surface area contributed by atoms with Crippen LogP contribution in [0.1, 0.15) is 0 Å². The molecule has 4 heteroatoms. The fourth-order valence-electron chi connectivity index (χ4n) is 2.08. The summed E-state index contributed by atoms with van der Waals surface area (Å²) in [4.78, 5) is 4.18. The highest BCUT2D eigenvalue weighted by molar-refractivity contribution is 6.60. The number of rotatable bonds is 4. The molecule has 0 radical (unpaired) electrons. The molecule has 0 amide bonds. The number of nitrogens with zero attached hydrogens (tertiary/aromatic N) is 1. The first-order chi connectivity index (χ1) is 10.3. The van der Waals surface area contributed by atoms with E-state index in [1.165, 1.54) is 0 Å². The maximum Gasteiger partial charge on any atom is 0.561 e. The minimum Gasteiger partial charge on any atom is -0.532 e. The number of benzene rings is 2. The van der Waals surface area contributed by atoms with Crippen molar-refractivity contribution in [3.8, 4) is 16.9 Å². The van der Waals surface area contributed by atoms with E-state index in [4.69, 9.17) is 4.65 Å². The van der Waals surface area contributed by atoms with Gasteiger partial charge in [0.15, 0.2) is 0 Å². The van der Waals surface area contributed by atoms with Crippen LogP contribution in [0.25, 0.3) is 11.1 Å². The lowest BCUT2D eigenvalue weighted by Gasteiger charge is -2.10. The molecule has 102 valence electrons. The maximum atomic E-state index is 10.2. The molecule has 0 saturated carbocycles. The summed E-state index contributed by atoms with van der Waals surface area (Å²) in [5, 5.41) is 10.2. The van der Waals surface area contributed by atoms with Crippen LogP contribution in [-0.2, 0) is 0 Å². The summed E-state index contributed by atoms with van der Waals surface area (Å²) >= 11 is 0. The summed E-state index contributed by atoms with van der Waals surface area (Å²) in [7, 11) is -1.04. The standard InChI is InChI=1S/C17H14BNO2/c20-18(21-17-9-5-2-6-10-17)16-11-15(12-19-13-16)14-7-3-1-4-8-14/h1-13,20H. The van der Waals surface area contributed by atoms with Gasteiger partial charge in [-0.15, -0.1) is 0 Å². The number of hydrogen-bond acceptors (Lipinski definition) is 3. The lowest BCUT2D eigenvalue weighted by atomic mass is 9.79. The first-order valence-corrected chi connectivity index (χ1v) is 6.73. The van der Waals surface area contributed by atoms with Crippen molar-refractivity contribution in [1.82, 2.24) is 4.98 Å². The SMILES string of the molecule is OB(Oc1ccccc1)c1cncc(-c2ccccc2)c1. The van der Waals surface area contributed by atoms with Crippen LogP contribution in [0.3, 0.4) is 0 Å². The molecule has 3 rings (SSSR count). The lowest BCUT2D eigenvalue weighted by Crippen LogP contribution is -2.37. The Morgan fingerprint density at radius 3 is 2.19 bits per heavy atom. The molecule has 0 saturated heterocycles. The van der Waals surface area contributed by atoms with E-state index in [-0.39, 0.29) is 0 Å². The molecular weight excluding hydrogens is 261 g/mol. The first kappa shape index (κ1) is 13.4. The highest BCUT2D eigenvalue weighted by atomic mass is 16.5. The molecule has 0 aliphatic heterocycles. The average molecular weight is 275 g/mol. The molecule has 0 fully saturated rings. The third-order valence-electron chi connectivity index (χ3n) is 3.14. The van der Waals surface area contributed by atoms with Gasteiger partial charge in [0.1, 0.15) is 5.75 Å². The van der Waals surface area contributed by atoms with Crippen molar-refractivity contribution < 1.29 is 9.68 Å². The van der Waals surface area contributed by atoms with Crippen LogP contribution in [0.4, 0.5) is 0 Å². The van der Waals surface area contributed by atoms with Gasteiger partial charge in [0, 0.05) is 17.9 Å². The molecular formula is C17H14BNO2. The van der Waals surface area contributed by atoms with Crippen molar-refractivity contribution in [3.63, 3.8) is 0 Å². The van der Waals surface area contributed by atoms with Crippen molar-refractivity contribution in [3.05, 3.63) is 79.1 Å².